The molecule has 0 unspecified atom stereocenters. The Bertz CT molecular complexity index is 1130. The largest absolute Gasteiger partial charge is 0.326 e. The zero-order chi connectivity index (χ0) is 18.5. The molecule has 1 fully saturated rings. The molecule has 0 saturated heterocycles. The van der Waals surface area contributed by atoms with Crippen molar-refractivity contribution in [1.82, 2.24) is 24.1 Å². The van der Waals surface area contributed by atoms with Gasteiger partial charge in [-0.05, 0) is 56.5 Å². The molecule has 0 spiro atoms. The van der Waals surface area contributed by atoms with Gasteiger partial charge in [-0.3, -0.25) is 0 Å². The van der Waals surface area contributed by atoms with E-state index in [1.165, 1.54) is 55.5 Å². The van der Waals surface area contributed by atoms with E-state index in [1.54, 1.807) is 23.0 Å². The lowest BCUT2D eigenvalue weighted by molar-refractivity contribution is 0.355. The number of fused-ring (bicyclic) bond motifs is 3. The van der Waals surface area contributed by atoms with Crippen LogP contribution in [-0.2, 0) is 0 Å². The van der Waals surface area contributed by atoms with Crippen molar-refractivity contribution in [1.29, 1.82) is 0 Å². The van der Waals surface area contributed by atoms with Gasteiger partial charge in [0.05, 0.1) is 5.39 Å². The predicted octanol–water partition coefficient (Wildman–Crippen LogP) is 5.01. The minimum Gasteiger partial charge on any atom is -0.326 e. The molecule has 0 amide bonds. The summed E-state index contributed by atoms with van der Waals surface area (Å²) in [5, 5.41) is 5.64. The number of benzene rings is 1. The molecule has 1 saturated carbocycles. The van der Waals surface area contributed by atoms with Crippen LogP contribution in [0.3, 0.4) is 0 Å². The average Bonchev–Trinajstić information content (AvgIpc) is 3.22. The number of hydrogen-bond donors (Lipinski definition) is 0. The van der Waals surface area contributed by atoms with Crippen molar-refractivity contribution in [2.45, 2.75) is 52.0 Å². The van der Waals surface area contributed by atoms with Crippen molar-refractivity contribution in [3.05, 3.63) is 47.7 Å². The number of rotatable bonds is 2. The molecule has 0 aliphatic heterocycles. The van der Waals surface area contributed by atoms with E-state index in [1.807, 2.05) is 0 Å². The van der Waals surface area contributed by atoms with Crippen molar-refractivity contribution in [3.63, 3.8) is 0 Å². The molecule has 4 aromatic rings. The Morgan fingerprint density at radius 2 is 1.74 bits per heavy atom. The molecule has 5 nitrogen and oxygen atoms in total. The highest BCUT2D eigenvalue weighted by Gasteiger charge is 2.24. The topological polar surface area (TPSA) is 48.0 Å². The number of hydrogen-bond acceptors (Lipinski definition) is 3. The van der Waals surface area contributed by atoms with Gasteiger partial charge in [-0.2, -0.15) is 0 Å². The van der Waals surface area contributed by atoms with Gasteiger partial charge >= 0.3 is 0 Å². The molecular formula is C21H22FN5. The van der Waals surface area contributed by atoms with Gasteiger partial charge in [0.15, 0.2) is 11.5 Å². The smallest absolute Gasteiger partial charge is 0.182 e. The van der Waals surface area contributed by atoms with Gasteiger partial charge in [-0.15, -0.1) is 5.10 Å². The van der Waals surface area contributed by atoms with Gasteiger partial charge in [0.1, 0.15) is 17.8 Å². The highest BCUT2D eigenvalue weighted by Crippen LogP contribution is 2.36. The fourth-order valence-electron chi connectivity index (χ4n) is 4.39. The van der Waals surface area contributed by atoms with E-state index in [9.17, 15) is 4.39 Å². The van der Waals surface area contributed by atoms with Gasteiger partial charge in [0.2, 0.25) is 0 Å². The van der Waals surface area contributed by atoms with Crippen molar-refractivity contribution < 1.29 is 4.39 Å². The van der Waals surface area contributed by atoms with Crippen LogP contribution in [0.2, 0.25) is 0 Å². The Labute approximate surface area is 156 Å². The first kappa shape index (κ1) is 16.4. The molecule has 0 atom stereocenters. The third kappa shape index (κ3) is 2.54. The first-order valence-electron chi connectivity index (χ1n) is 9.62. The Morgan fingerprint density at radius 1 is 1.00 bits per heavy atom. The molecule has 0 bridgehead atoms. The van der Waals surface area contributed by atoms with Gasteiger partial charge in [0, 0.05) is 17.3 Å². The molecule has 0 N–H and O–H groups in total. The predicted molar refractivity (Wildman–Crippen MR) is 103 cm³/mol. The van der Waals surface area contributed by atoms with E-state index in [2.05, 4.69) is 23.5 Å². The molecule has 5 rings (SSSR count). The third-order valence-electron chi connectivity index (χ3n) is 5.92. The quantitative estimate of drug-likeness (QED) is 0.503. The summed E-state index contributed by atoms with van der Waals surface area (Å²) in [6.45, 7) is 4.32. The lowest BCUT2D eigenvalue weighted by Crippen LogP contribution is -2.14. The Balaban J connectivity index is 1.71. The van der Waals surface area contributed by atoms with E-state index >= 15 is 0 Å². The van der Waals surface area contributed by atoms with Gasteiger partial charge in [0.25, 0.3) is 0 Å². The van der Waals surface area contributed by atoms with Crippen molar-refractivity contribution in [2.24, 2.45) is 0 Å². The van der Waals surface area contributed by atoms with E-state index in [0.717, 1.165) is 22.2 Å². The second-order valence-electron chi connectivity index (χ2n) is 7.53. The summed E-state index contributed by atoms with van der Waals surface area (Å²) in [7, 11) is 0. The van der Waals surface area contributed by atoms with Crippen LogP contribution in [0.25, 0.3) is 28.1 Å². The van der Waals surface area contributed by atoms with Crippen LogP contribution in [0.1, 0.15) is 49.4 Å². The summed E-state index contributed by atoms with van der Waals surface area (Å²) in [5.74, 6) is 0.328. The van der Waals surface area contributed by atoms with Crippen LogP contribution < -0.4 is 0 Å². The summed E-state index contributed by atoms with van der Waals surface area (Å²) in [6.07, 6.45) is 8.07. The van der Waals surface area contributed by atoms with Crippen LogP contribution in [-0.4, -0.2) is 24.1 Å². The van der Waals surface area contributed by atoms with Gasteiger partial charge in [-0.1, -0.05) is 19.3 Å². The summed E-state index contributed by atoms with van der Waals surface area (Å²) < 4.78 is 17.4. The van der Waals surface area contributed by atoms with Crippen LogP contribution in [0.5, 0.6) is 0 Å². The zero-order valence-electron chi connectivity index (χ0n) is 15.6. The minimum atomic E-state index is -0.261. The Morgan fingerprint density at radius 3 is 2.48 bits per heavy atom. The van der Waals surface area contributed by atoms with E-state index in [4.69, 9.17) is 9.97 Å². The summed E-state index contributed by atoms with van der Waals surface area (Å²) >= 11 is 0. The lowest BCUT2D eigenvalue weighted by atomic mass is 9.95. The maximum absolute atomic E-state index is 13.2. The van der Waals surface area contributed by atoms with Crippen LogP contribution >= 0.6 is 0 Å². The molecule has 1 aromatic carbocycles. The second-order valence-corrected chi connectivity index (χ2v) is 7.53. The maximum atomic E-state index is 13.2. The molecule has 138 valence electrons. The van der Waals surface area contributed by atoms with Gasteiger partial charge in [-0.25, -0.2) is 18.9 Å². The molecule has 3 aromatic heterocycles. The van der Waals surface area contributed by atoms with E-state index in [0.29, 0.717) is 11.9 Å². The second kappa shape index (κ2) is 6.15. The fraction of sp³-hybridized carbons (Fsp3) is 0.381. The van der Waals surface area contributed by atoms with Crippen LogP contribution in [0.15, 0.2) is 30.6 Å². The first-order valence-corrected chi connectivity index (χ1v) is 9.62. The van der Waals surface area contributed by atoms with Crippen molar-refractivity contribution in [3.8, 4) is 11.4 Å². The normalized spacial score (nSPS) is 15.8. The number of nitrogens with zero attached hydrogens (tertiary/aromatic N) is 5. The average molecular weight is 363 g/mol. The Hall–Kier alpha value is -2.76. The number of aryl methyl sites for hydroxylation is 1. The summed E-state index contributed by atoms with van der Waals surface area (Å²) in [4.78, 5) is 9.53. The third-order valence-corrected chi connectivity index (χ3v) is 5.92. The SMILES string of the molecule is Cc1c(C)n(C2CCCCC2)c2ncn3nc(-c4ccc(F)cc4)nc3c12. The molecule has 3 heterocycles. The van der Waals surface area contributed by atoms with E-state index in [-0.39, 0.29) is 5.82 Å². The Kier molecular flexibility index (Phi) is 3.74. The first-order chi connectivity index (χ1) is 13.1. The molecule has 1 aliphatic rings. The van der Waals surface area contributed by atoms with Crippen molar-refractivity contribution >= 4 is 16.7 Å². The minimum absolute atomic E-state index is 0.261. The molecule has 1 aliphatic carbocycles. The fourth-order valence-corrected chi connectivity index (χ4v) is 4.39. The molecule has 27 heavy (non-hydrogen) atoms. The van der Waals surface area contributed by atoms with E-state index < -0.39 is 0 Å². The highest BCUT2D eigenvalue weighted by atomic mass is 19.1. The van der Waals surface area contributed by atoms with Gasteiger partial charge < -0.3 is 4.57 Å². The zero-order valence-corrected chi connectivity index (χ0v) is 15.6. The van der Waals surface area contributed by atoms with Crippen LogP contribution in [0.4, 0.5) is 4.39 Å². The number of aromatic nitrogens is 5. The lowest BCUT2D eigenvalue weighted by Gasteiger charge is -2.25. The molecule has 0 radical (unpaired) electrons. The molecular weight excluding hydrogens is 341 g/mol. The standard InChI is InChI=1S/C21H22FN5/c1-13-14(2)27(17-6-4-3-5-7-17)20-18(13)21-24-19(25-26(21)12-23-20)15-8-10-16(22)11-9-15/h8-12,17H,3-7H2,1-2H3. The maximum Gasteiger partial charge on any atom is 0.182 e. The monoisotopic (exact) mass is 363 g/mol. The van der Waals surface area contributed by atoms with Crippen molar-refractivity contribution in [2.75, 3.05) is 0 Å². The highest BCUT2D eigenvalue weighted by molar-refractivity contribution is 5.94. The molecule has 6 heteroatoms. The summed E-state index contributed by atoms with van der Waals surface area (Å²) in [5.41, 5.74) is 5.10. The van der Waals surface area contributed by atoms with Crippen LogP contribution in [0, 0.1) is 19.7 Å². The summed E-state index contributed by atoms with van der Waals surface area (Å²) in [6, 6.07) is 6.80. The number of halogens is 1.